The second-order valence-corrected chi connectivity index (χ2v) is 1.99. The summed E-state index contributed by atoms with van der Waals surface area (Å²) in [6, 6.07) is 0. The highest BCUT2D eigenvalue weighted by Crippen LogP contribution is 2.08. The summed E-state index contributed by atoms with van der Waals surface area (Å²) in [6.07, 6.45) is 0.646. The Balaban J connectivity index is 1.96. The first kappa shape index (κ1) is 6.55. The molecule has 1 unspecified atom stereocenters. The van der Waals surface area contributed by atoms with Crippen molar-refractivity contribution in [1.29, 1.82) is 0 Å². The Morgan fingerprint density at radius 1 is 1.89 bits per heavy atom. The van der Waals surface area contributed by atoms with Crippen LogP contribution < -0.4 is 0 Å². The van der Waals surface area contributed by atoms with Crippen LogP contribution in [0, 0.1) is 0 Å². The third-order valence-corrected chi connectivity index (χ3v) is 1.12. The van der Waals surface area contributed by atoms with Crippen molar-refractivity contribution in [2.75, 3.05) is 13.2 Å². The molecule has 1 aliphatic rings. The molecule has 1 fully saturated rings. The minimum atomic E-state index is -0.148. The molecule has 0 saturated carbocycles. The van der Waals surface area contributed by atoms with E-state index in [0.717, 1.165) is 6.61 Å². The van der Waals surface area contributed by atoms with Crippen molar-refractivity contribution >= 4 is 5.97 Å². The van der Waals surface area contributed by atoms with Crippen molar-refractivity contribution in [3.8, 4) is 0 Å². The molecule has 9 heavy (non-hydrogen) atoms. The minimum absolute atomic E-state index is 0.148. The summed E-state index contributed by atoms with van der Waals surface area (Å²) >= 11 is 0. The Hall–Kier alpha value is -0.570. The molecule has 1 saturated heterocycles. The van der Waals surface area contributed by atoms with Crippen LogP contribution in [0.15, 0.2) is 0 Å². The molecule has 0 amide bonds. The molecule has 1 rings (SSSR count). The van der Waals surface area contributed by atoms with Crippen molar-refractivity contribution in [1.82, 2.24) is 0 Å². The molecule has 1 aliphatic heterocycles. The highest BCUT2D eigenvalue weighted by atomic mass is 16.6. The molecule has 3 heteroatoms. The van der Waals surface area contributed by atoms with E-state index < -0.39 is 0 Å². The van der Waals surface area contributed by atoms with Crippen LogP contribution in [0.3, 0.4) is 0 Å². The first-order valence-corrected chi connectivity index (χ1v) is 3.10. The lowest BCUT2D eigenvalue weighted by molar-refractivity contribution is -0.143. The number of epoxide rings is 1. The number of ether oxygens (including phenoxy) is 2. The van der Waals surface area contributed by atoms with Crippen LogP contribution in [0.5, 0.6) is 0 Å². The minimum Gasteiger partial charge on any atom is -0.463 e. The van der Waals surface area contributed by atoms with E-state index >= 15 is 0 Å². The van der Waals surface area contributed by atoms with Gasteiger partial charge in [-0.15, -0.1) is 0 Å². The predicted octanol–water partition coefficient (Wildman–Crippen LogP) is 0.338. The Morgan fingerprint density at radius 3 is 3.00 bits per heavy atom. The maximum absolute atomic E-state index is 10.5. The van der Waals surface area contributed by atoms with Gasteiger partial charge in [0.25, 0.3) is 0 Å². The molecule has 0 aliphatic carbocycles. The first-order chi connectivity index (χ1) is 4.33. The predicted molar refractivity (Wildman–Crippen MR) is 31.0 cm³/mol. The van der Waals surface area contributed by atoms with Crippen molar-refractivity contribution in [2.24, 2.45) is 0 Å². The monoisotopic (exact) mass is 130 g/mol. The fourth-order valence-electron chi connectivity index (χ4n) is 0.452. The van der Waals surface area contributed by atoms with Crippen molar-refractivity contribution in [3.05, 3.63) is 0 Å². The summed E-state index contributed by atoms with van der Waals surface area (Å²) in [6.45, 7) is 2.96. The molecule has 0 N–H and O–H groups in total. The van der Waals surface area contributed by atoms with Gasteiger partial charge in [0.05, 0.1) is 6.61 Å². The van der Waals surface area contributed by atoms with Gasteiger partial charge in [-0.05, 0) is 0 Å². The van der Waals surface area contributed by atoms with Crippen LogP contribution in [0.4, 0.5) is 0 Å². The van der Waals surface area contributed by atoms with Crippen LogP contribution in [-0.2, 0) is 14.3 Å². The van der Waals surface area contributed by atoms with Gasteiger partial charge in [-0.1, -0.05) is 6.92 Å². The summed E-state index contributed by atoms with van der Waals surface area (Å²) in [5.74, 6) is -0.148. The van der Waals surface area contributed by atoms with Gasteiger partial charge in [0.15, 0.2) is 0 Å². The van der Waals surface area contributed by atoms with Crippen molar-refractivity contribution in [3.63, 3.8) is 0 Å². The van der Waals surface area contributed by atoms with Crippen LogP contribution in [0.25, 0.3) is 0 Å². The van der Waals surface area contributed by atoms with Crippen LogP contribution >= 0.6 is 0 Å². The van der Waals surface area contributed by atoms with Gasteiger partial charge in [0, 0.05) is 6.42 Å². The Labute approximate surface area is 53.9 Å². The normalized spacial score (nSPS) is 23.4. The van der Waals surface area contributed by atoms with Gasteiger partial charge in [-0.25, -0.2) is 0 Å². The third kappa shape index (κ3) is 2.46. The Morgan fingerprint density at radius 2 is 2.56 bits per heavy atom. The lowest BCUT2D eigenvalue weighted by Gasteiger charge is -1.97. The zero-order chi connectivity index (χ0) is 6.69. The van der Waals surface area contributed by atoms with Gasteiger partial charge in [-0.3, -0.25) is 4.79 Å². The van der Waals surface area contributed by atoms with E-state index in [9.17, 15) is 4.79 Å². The number of carbonyl (C=O) groups is 1. The maximum atomic E-state index is 10.5. The van der Waals surface area contributed by atoms with E-state index in [1.807, 2.05) is 0 Å². The van der Waals surface area contributed by atoms with Crippen LogP contribution in [0.1, 0.15) is 13.3 Å². The second-order valence-electron chi connectivity index (χ2n) is 1.99. The molecular formula is C6H10O3. The molecule has 0 radical (unpaired) electrons. The molecule has 0 spiro atoms. The number of esters is 1. The van der Waals surface area contributed by atoms with Gasteiger partial charge in [0.1, 0.15) is 12.7 Å². The molecule has 0 bridgehead atoms. The third-order valence-electron chi connectivity index (χ3n) is 1.12. The molecule has 0 aromatic carbocycles. The highest BCUT2D eigenvalue weighted by Gasteiger charge is 2.23. The fraction of sp³-hybridized carbons (Fsp3) is 0.833. The zero-order valence-electron chi connectivity index (χ0n) is 5.42. The van der Waals surface area contributed by atoms with Crippen molar-refractivity contribution in [2.45, 2.75) is 19.4 Å². The summed E-state index contributed by atoms with van der Waals surface area (Å²) < 4.78 is 9.58. The van der Waals surface area contributed by atoms with E-state index in [2.05, 4.69) is 0 Å². The molecule has 0 aromatic rings. The van der Waals surface area contributed by atoms with Gasteiger partial charge in [-0.2, -0.15) is 0 Å². The summed E-state index contributed by atoms with van der Waals surface area (Å²) in [4.78, 5) is 10.5. The standard InChI is InChI=1S/C6H10O3/c1-2-6(7)9-4-5-3-8-5/h5H,2-4H2,1H3. The number of rotatable bonds is 3. The average Bonchev–Trinajstić information content (AvgIpc) is 2.65. The lowest BCUT2D eigenvalue weighted by Crippen LogP contribution is -2.07. The summed E-state index contributed by atoms with van der Waals surface area (Å²) in [7, 11) is 0. The van der Waals surface area contributed by atoms with E-state index in [0.29, 0.717) is 13.0 Å². The molecule has 1 heterocycles. The molecular weight excluding hydrogens is 120 g/mol. The van der Waals surface area contributed by atoms with E-state index in [-0.39, 0.29) is 12.1 Å². The lowest BCUT2D eigenvalue weighted by atomic mass is 10.5. The van der Waals surface area contributed by atoms with Crippen molar-refractivity contribution < 1.29 is 14.3 Å². The fourth-order valence-corrected chi connectivity index (χ4v) is 0.452. The Bertz CT molecular complexity index is 107. The highest BCUT2D eigenvalue weighted by molar-refractivity contribution is 5.68. The topological polar surface area (TPSA) is 38.8 Å². The SMILES string of the molecule is CCC(=O)OCC1CO1. The van der Waals surface area contributed by atoms with Gasteiger partial charge in [0.2, 0.25) is 0 Å². The molecule has 3 nitrogen and oxygen atoms in total. The van der Waals surface area contributed by atoms with E-state index in [1.165, 1.54) is 0 Å². The summed E-state index contributed by atoms with van der Waals surface area (Å²) in [5, 5.41) is 0. The number of hydrogen-bond acceptors (Lipinski definition) is 3. The van der Waals surface area contributed by atoms with Gasteiger partial charge >= 0.3 is 5.97 Å². The second kappa shape index (κ2) is 2.82. The number of carbonyl (C=O) groups excluding carboxylic acids is 1. The maximum Gasteiger partial charge on any atom is 0.305 e. The smallest absolute Gasteiger partial charge is 0.305 e. The molecule has 0 aromatic heterocycles. The van der Waals surface area contributed by atoms with Crippen LogP contribution in [-0.4, -0.2) is 25.3 Å². The molecule has 1 atom stereocenters. The van der Waals surface area contributed by atoms with E-state index in [4.69, 9.17) is 9.47 Å². The van der Waals surface area contributed by atoms with E-state index in [1.54, 1.807) is 6.92 Å². The average molecular weight is 130 g/mol. The quantitative estimate of drug-likeness (QED) is 0.408. The van der Waals surface area contributed by atoms with Gasteiger partial charge < -0.3 is 9.47 Å². The summed E-state index contributed by atoms with van der Waals surface area (Å²) in [5.41, 5.74) is 0. The largest absolute Gasteiger partial charge is 0.463 e. The first-order valence-electron chi connectivity index (χ1n) is 3.10. The molecule has 52 valence electrons. The number of hydrogen-bond donors (Lipinski definition) is 0. The van der Waals surface area contributed by atoms with Crippen LogP contribution in [0.2, 0.25) is 0 Å². The zero-order valence-corrected chi connectivity index (χ0v) is 5.42. The Kier molecular flexibility index (Phi) is 2.05.